The highest BCUT2D eigenvalue weighted by Crippen LogP contribution is 2.33. The maximum Gasteiger partial charge on any atom is 0.229 e. The second-order valence-corrected chi connectivity index (χ2v) is 10.2. The summed E-state index contributed by atoms with van der Waals surface area (Å²) in [6.07, 6.45) is 6.96. The van der Waals surface area contributed by atoms with Crippen molar-refractivity contribution in [2.24, 2.45) is 17.0 Å². The Bertz CT molecular complexity index is 959. The van der Waals surface area contributed by atoms with Crippen LogP contribution in [0.25, 0.3) is 0 Å². The fraction of sp³-hybridized carbons (Fsp3) is 0.545. The third-order valence-corrected chi connectivity index (χ3v) is 7.39. The third-order valence-electron chi connectivity index (χ3n) is 5.94. The smallest absolute Gasteiger partial charge is 0.229 e. The topological polar surface area (TPSA) is 116 Å². The molecule has 9 heteroatoms. The van der Waals surface area contributed by atoms with Gasteiger partial charge < -0.3 is 4.74 Å². The molecule has 31 heavy (non-hydrogen) atoms. The number of piperidine rings is 1. The number of primary sulfonamides is 1. The molecule has 1 saturated heterocycles. The number of imide groups is 1. The van der Waals surface area contributed by atoms with Gasteiger partial charge in [0.25, 0.3) is 0 Å². The van der Waals surface area contributed by atoms with Gasteiger partial charge in [0.2, 0.25) is 21.8 Å². The first kappa shape index (κ1) is 23.4. The van der Waals surface area contributed by atoms with Gasteiger partial charge in [-0.1, -0.05) is 25.1 Å². The maximum absolute atomic E-state index is 14.1. The molecule has 7 nitrogen and oxygen atoms in total. The van der Waals surface area contributed by atoms with E-state index in [2.05, 4.69) is 5.32 Å². The minimum absolute atomic E-state index is 0.123. The number of carbonyl (C=O) groups excluding carboxylic acids is 2. The van der Waals surface area contributed by atoms with Crippen LogP contribution in [-0.2, 0) is 19.6 Å². The Hall–Kier alpha value is -2.26. The van der Waals surface area contributed by atoms with Crippen molar-refractivity contribution >= 4 is 21.8 Å². The molecule has 1 saturated carbocycles. The van der Waals surface area contributed by atoms with Gasteiger partial charge in [0.1, 0.15) is 0 Å². The van der Waals surface area contributed by atoms with Crippen molar-refractivity contribution in [3.63, 3.8) is 0 Å². The van der Waals surface area contributed by atoms with E-state index in [-0.39, 0.29) is 29.9 Å². The van der Waals surface area contributed by atoms with Crippen LogP contribution in [0.15, 0.2) is 30.4 Å². The SMILES string of the molecule is C[C@H](c1ccc(F)c(OCC2CC2)c1)C(CC=CCC1CCC(=O)NC1=O)S(N)(=O)=O. The van der Waals surface area contributed by atoms with E-state index >= 15 is 0 Å². The van der Waals surface area contributed by atoms with Gasteiger partial charge >= 0.3 is 0 Å². The van der Waals surface area contributed by atoms with Crippen LogP contribution in [0.4, 0.5) is 4.39 Å². The summed E-state index contributed by atoms with van der Waals surface area (Å²) in [6.45, 7) is 2.19. The maximum atomic E-state index is 14.1. The molecule has 2 fully saturated rings. The summed E-state index contributed by atoms with van der Waals surface area (Å²) >= 11 is 0. The van der Waals surface area contributed by atoms with Gasteiger partial charge in [-0.05, 0) is 61.6 Å². The monoisotopic (exact) mass is 452 g/mol. The number of halogens is 1. The zero-order chi connectivity index (χ0) is 22.6. The molecule has 3 rings (SSSR count). The molecule has 3 atom stereocenters. The van der Waals surface area contributed by atoms with Gasteiger partial charge in [-0.3, -0.25) is 14.9 Å². The van der Waals surface area contributed by atoms with Gasteiger partial charge in [0.05, 0.1) is 11.9 Å². The normalized spacial score (nSPS) is 21.7. The molecule has 170 valence electrons. The fourth-order valence-electron chi connectivity index (χ4n) is 3.70. The Balaban J connectivity index is 1.65. The van der Waals surface area contributed by atoms with Crippen LogP contribution in [0.5, 0.6) is 5.75 Å². The van der Waals surface area contributed by atoms with Crippen LogP contribution in [0.2, 0.25) is 0 Å². The number of sulfonamides is 1. The molecule has 1 aromatic rings. The molecule has 0 radical (unpaired) electrons. The van der Waals surface area contributed by atoms with Crippen molar-refractivity contribution in [2.45, 2.75) is 56.6 Å². The largest absolute Gasteiger partial charge is 0.490 e. The van der Waals surface area contributed by atoms with Gasteiger partial charge in [-0.15, -0.1) is 0 Å². The molecule has 1 aliphatic carbocycles. The molecule has 2 amide bonds. The molecule has 0 spiro atoms. The molecule has 3 N–H and O–H groups in total. The number of allylic oxidation sites excluding steroid dienone is 2. The Labute approximate surface area is 182 Å². The highest BCUT2D eigenvalue weighted by Gasteiger charge is 2.30. The lowest BCUT2D eigenvalue weighted by Crippen LogP contribution is -2.40. The molecule has 0 aromatic heterocycles. The van der Waals surface area contributed by atoms with Crippen molar-refractivity contribution in [2.75, 3.05) is 6.61 Å². The minimum atomic E-state index is -3.88. The molecule has 2 unspecified atom stereocenters. The van der Waals surface area contributed by atoms with E-state index in [0.29, 0.717) is 37.4 Å². The minimum Gasteiger partial charge on any atom is -0.490 e. The van der Waals surface area contributed by atoms with E-state index in [4.69, 9.17) is 9.88 Å². The molecular formula is C22H29FN2O5S. The van der Waals surface area contributed by atoms with Crippen molar-refractivity contribution in [1.29, 1.82) is 0 Å². The van der Waals surface area contributed by atoms with Crippen LogP contribution in [0.1, 0.15) is 56.9 Å². The highest BCUT2D eigenvalue weighted by molar-refractivity contribution is 7.89. The summed E-state index contributed by atoms with van der Waals surface area (Å²) < 4.78 is 44.1. The number of hydrogen-bond donors (Lipinski definition) is 2. The lowest BCUT2D eigenvalue weighted by Gasteiger charge is -2.22. The second kappa shape index (κ2) is 9.91. The molecule has 2 aliphatic rings. The predicted octanol–water partition coefficient (Wildman–Crippen LogP) is 2.76. The number of ether oxygens (including phenoxy) is 1. The standard InChI is InChI=1S/C22H29FN2O5S/c1-14(17-8-10-18(23)19(12-17)30-13-15-6-7-15)20(31(24,28)29)5-3-2-4-16-9-11-21(26)25-22(16)27/h2-3,8,10,12,14-16,20H,4-7,9,11,13H2,1H3,(H2,24,28,29)(H,25,26,27)/t14-,16?,20?/m1/s1. The van der Waals surface area contributed by atoms with E-state index in [1.807, 2.05) is 0 Å². The van der Waals surface area contributed by atoms with Crippen molar-refractivity contribution in [3.05, 3.63) is 41.7 Å². The van der Waals surface area contributed by atoms with Gasteiger partial charge in [-0.25, -0.2) is 17.9 Å². The second-order valence-electron chi connectivity index (χ2n) is 8.45. The van der Waals surface area contributed by atoms with Crippen LogP contribution in [-0.4, -0.2) is 32.1 Å². The molecule has 1 aliphatic heterocycles. The number of hydrogen-bond acceptors (Lipinski definition) is 5. The zero-order valence-electron chi connectivity index (χ0n) is 17.6. The fourth-order valence-corrected chi connectivity index (χ4v) is 4.80. The van der Waals surface area contributed by atoms with E-state index in [9.17, 15) is 22.4 Å². The number of nitrogens with two attached hydrogens (primary N) is 1. The summed E-state index contributed by atoms with van der Waals surface area (Å²) in [4.78, 5) is 23.0. The van der Waals surface area contributed by atoms with E-state index in [1.165, 1.54) is 6.07 Å². The first-order valence-electron chi connectivity index (χ1n) is 10.6. The van der Waals surface area contributed by atoms with Crippen LogP contribution >= 0.6 is 0 Å². The first-order valence-corrected chi connectivity index (χ1v) is 12.2. The Kier molecular flexibility index (Phi) is 7.48. The number of benzene rings is 1. The summed E-state index contributed by atoms with van der Waals surface area (Å²) in [5, 5.41) is 6.88. The Morgan fingerprint density at radius 1 is 1.26 bits per heavy atom. The van der Waals surface area contributed by atoms with E-state index in [0.717, 1.165) is 12.8 Å². The number of nitrogens with one attached hydrogen (secondary N) is 1. The first-order chi connectivity index (χ1) is 14.6. The third kappa shape index (κ3) is 6.61. The Morgan fingerprint density at radius 2 is 2.00 bits per heavy atom. The average molecular weight is 453 g/mol. The lowest BCUT2D eigenvalue weighted by atomic mass is 9.93. The highest BCUT2D eigenvalue weighted by atomic mass is 32.2. The molecular weight excluding hydrogens is 423 g/mol. The summed E-state index contributed by atoms with van der Waals surface area (Å²) in [7, 11) is -3.88. The van der Waals surface area contributed by atoms with Gasteiger partial charge in [0, 0.05) is 12.3 Å². The number of amides is 2. The van der Waals surface area contributed by atoms with Gasteiger partial charge in [0.15, 0.2) is 11.6 Å². The van der Waals surface area contributed by atoms with E-state index < -0.39 is 27.0 Å². The van der Waals surface area contributed by atoms with Crippen molar-refractivity contribution in [1.82, 2.24) is 5.32 Å². The number of rotatable bonds is 10. The molecule has 1 heterocycles. The van der Waals surface area contributed by atoms with Crippen LogP contribution in [0, 0.1) is 17.7 Å². The van der Waals surface area contributed by atoms with Gasteiger partial charge in [-0.2, -0.15) is 0 Å². The van der Waals surface area contributed by atoms with E-state index in [1.54, 1.807) is 31.2 Å². The zero-order valence-corrected chi connectivity index (χ0v) is 18.4. The number of carbonyl (C=O) groups is 2. The summed E-state index contributed by atoms with van der Waals surface area (Å²) in [5.74, 6) is -1.25. The summed E-state index contributed by atoms with van der Waals surface area (Å²) in [5.41, 5.74) is 0.629. The quantitative estimate of drug-likeness (QED) is 0.418. The van der Waals surface area contributed by atoms with Crippen molar-refractivity contribution in [3.8, 4) is 5.75 Å². The average Bonchev–Trinajstić information content (AvgIpc) is 3.52. The lowest BCUT2D eigenvalue weighted by molar-refractivity contribution is -0.136. The van der Waals surface area contributed by atoms with Crippen LogP contribution < -0.4 is 15.2 Å². The van der Waals surface area contributed by atoms with Crippen molar-refractivity contribution < 1.29 is 27.1 Å². The Morgan fingerprint density at radius 3 is 2.65 bits per heavy atom. The molecule has 0 bridgehead atoms. The molecule has 1 aromatic carbocycles. The summed E-state index contributed by atoms with van der Waals surface area (Å²) in [6, 6.07) is 4.38. The van der Waals surface area contributed by atoms with Crippen LogP contribution in [0.3, 0.4) is 0 Å². The predicted molar refractivity (Wildman–Crippen MR) is 114 cm³/mol.